The lowest BCUT2D eigenvalue weighted by molar-refractivity contribution is -0.137. The summed E-state index contributed by atoms with van der Waals surface area (Å²) in [6.45, 7) is 0. The van der Waals surface area contributed by atoms with Crippen LogP contribution in [-0.2, 0) is 6.18 Å². The predicted octanol–water partition coefficient (Wildman–Crippen LogP) is 6.59. The van der Waals surface area contributed by atoms with Crippen molar-refractivity contribution < 1.29 is 13.2 Å². The third-order valence-corrected chi connectivity index (χ3v) is 5.39. The van der Waals surface area contributed by atoms with Gasteiger partial charge in [-0.15, -0.1) is 0 Å². The molecular formula is C20H14F3NS. The van der Waals surface area contributed by atoms with Crippen LogP contribution < -0.4 is 5.32 Å². The number of rotatable bonds is 2. The Balaban J connectivity index is 1.57. The first-order valence-electron chi connectivity index (χ1n) is 7.80. The minimum atomic E-state index is -4.33. The molecule has 5 heteroatoms. The van der Waals surface area contributed by atoms with Crippen LogP contribution in [0.5, 0.6) is 0 Å². The first-order valence-corrected chi connectivity index (χ1v) is 8.68. The normalized spacial score (nSPS) is 16.4. The van der Waals surface area contributed by atoms with E-state index in [-0.39, 0.29) is 5.37 Å². The lowest BCUT2D eigenvalue weighted by Gasteiger charge is -2.12. The number of para-hydroxylation sites is 1. The summed E-state index contributed by atoms with van der Waals surface area (Å²) < 4.78 is 38.6. The third-order valence-electron chi connectivity index (χ3n) is 4.16. The van der Waals surface area contributed by atoms with Gasteiger partial charge >= 0.3 is 6.18 Å². The third kappa shape index (κ3) is 3.24. The second-order valence-corrected chi connectivity index (χ2v) is 6.99. The van der Waals surface area contributed by atoms with Gasteiger partial charge in [-0.1, -0.05) is 60.3 Å². The van der Waals surface area contributed by atoms with Gasteiger partial charge in [-0.25, -0.2) is 0 Å². The topological polar surface area (TPSA) is 12.0 Å². The van der Waals surface area contributed by atoms with Crippen LogP contribution >= 0.6 is 11.8 Å². The maximum absolute atomic E-state index is 12.9. The maximum Gasteiger partial charge on any atom is 0.416 e. The van der Waals surface area contributed by atoms with Crippen LogP contribution in [-0.4, -0.2) is 0 Å². The highest BCUT2D eigenvalue weighted by atomic mass is 32.2. The van der Waals surface area contributed by atoms with E-state index in [1.54, 1.807) is 17.8 Å². The average molecular weight is 357 g/mol. The first kappa shape index (κ1) is 16.1. The van der Waals surface area contributed by atoms with Crippen molar-refractivity contribution >= 4 is 17.4 Å². The molecular weight excluding hydrogens is 343 g/mol. The van der Waals surface area contributed by atoms with Gasteiger partial charge in [-0.2, -0.15) is 13.2 Å². The van der Waals surface area contributed by atoms with Gasteiger partial charge in [0.25, 0.3) is 0 Å². The zero-order valence-corrected chi connectivity index (χ0v) is 13.9. The Bertz CT molecular complexity index is 878. The van der Waals surface area contributed by atoms with Gasteiger partial charge < -0.3 is 5.32 Å². The van der Waals surface area contributed by atoms with E-state index < -0.39 is 11.7 Å². The highest BCUT2D eigenvalue weighted by Gasteiger charge is 2.30. The summed E-state index contributed by atoms with van der Waals surface area (Å²) in [5, 5.41) is 3.57. The Morgan fingerprint density at radius 2 is 1.56 bits per heavy atom. The van der Waals surface area contributed by atoms with E-state index in [4.69, 9.17) is 0 Å². The van der Waals surface area contributed by atoms with Crippen LogP contribution in [0.25, 0.3) is 11.1 Å². The van der Waals surface area contributed by atoms with Crippen LogP contribution in [0.1, 0.15) is 16.5 Å². The molecule has 1 N–H and O–H groups in total. The van der Waals surface area contributed by atoms with Crippen LogP contribution in [0.15, 0.2) is 77.7 Å². The quantitative estimate of drug-likeness (QED) is 0.555. The number of alkyl halides is 3. The van der Waals surface area contributed by atoms with Crippen molar-refractivity contribution in [1.29, 1.82) is 0 Å². The monoisotopic (exact) mass is 357 g/mol. The fourth-order valence-corrected chi connectivity index (χ4v) is 4.01. The Labute approximate surface area is 147 Å². The molecule has 0 amide bonds. The summed E-state index contributed by atoms with van der Waals surface area (Å²) in [5.41, 5.74) is 2.92. The lowest BCUT2D eigenvalue weighted by Crippen LogP contribution is -2.04. The number of benzene rings is 3. The highest BCUT2D eigenvalue weighted by molar-refractivity contribution is 8.00. The van der Waals surface area contributed by atoms with E-state index in [9.17, 15) is 13.2 Å². The summed E-state index contributed by atoms with van der Waals surface area (Å²) in [5.74, 6) is 0. The van der Waals surface area contributed by atoms with E-state index in [1.807, 2.05) is 42.5 Å². The Hall–Kier alpha value is -2.40. The molecule has 0 fully saturated rings. The molecule has 4 rings (SSSR count). The molecule has 1 unspecified atom stereocenters. The summed E-state index contributed by atoms with van der Waals surface area (Å²) in [4.78, 5) is 1.20. The van der Waals surface area contributed by atoms with Crippen LogP contribution in [0.4, 0.5) is 18.9 Å². The molecule has 1 atom stereocenters. The van der Waals surface area contributed by atoms with Gasteiger partial charge in [0.2, 0.25) is 0 Å². The largest absolute Gasteiger partial charge is 0.416 e. The highest BCUT2D eigenvalue weighted by Crippen LogP contribution is 2.46. The van der Waals surface area contributed by atoms with Gasteiger partial charge in [0, 0.05) is 10.6 Å². The molecule has 0 aliphatic carbocycles. The van der Waals surface area contributed by atoms with Crippen LogP contribution in [0.2, 0.25) is 0 Å². The second kappa shape index (κ2) is 6.15. The number of nitrogens with one attached hydrogen (secondary N) is 1. The number of halogens is 3. The molecule has 1 heterocycles. The molecule has 0 saturated heterocycles. The standard InChI is InChI=1S/C20H14F3NS/c21-20(22,23)16-5-3-4-15(12-16)13-8-10-14(11-9-13)19-24-17-6-1-2-7-18(17)25-19/h1-12,19,24H. The van der Waals surface area contributed by atoms with Gasteiger partial charge in [0.05, 0.1) is 5.56 Å². The van der Waals surface area contributed by atoms with Gasteiger partial charge in [-0.3, -0.25) is 0 Å². The van der Waals surface area contributed by atoms with Crippen molar-refractivity contribution in [1.82, 2.24) is 0 Å². The van der Waals surface area contributed by atoms with E-state index in [0.29, 0.717) is 5.56 Å². The molecule has 3 aromatic carbocycles. The fraction of sp³-hybridized carbons (Fsp3) is 0.100. The van der Waals surface area contributed by atoms with Crippen molar-refractivity contribution in [3.63, 3.8) is 0 Å². The van der Waals surface area contributed by atoms with E-state index in [2.05, 4.69) is 11.4 Å². The minimum Gasteiger partial charge on any atom is -0.368 e. The van der Waals surface area contributed by atoms with Crippen molar-refractivity contribution in [2.24, 2.45) is 0 Å². The number of fused-ring (bicyclic) bond motifs is 1. The molecule has 0 bridgehead atoms. The Morgan fingerprint density at radius 1 is 0.800 bits per heavy atom. The zero-order chi connectivity index (χ0) is 17.4. The molecule has 25 heavy (non-hydrogen) atoms. The predicted molar refractivity (Wildman–Crippen MR) is 95.5 cm³/mol. The van der Waals surface area contributed by atoms with Crippen molar-refractivity contribution in [2.45, 2.75) is 16.4 Å². The summed E-state index contributed by atoms with van der Waals surface area (Å²) in [7, 11) is 0. The average Bonchev–Trinajstić information content (AvgIpc) is 3.05. The molecule has 0 spiro atoms. The van der Waals surface area contributed by atoms with Gasteiger partial charge in [0.1, 0.15) is 5.37 Å². The molecule has 1 nitrogen and oxygen atoms in total. The lowest BCUT2D eigenvalue weighted by atomic mass is 10.0. The SMILES string of the molecule is FC(F)(F)c1cccc(-c2ccc(C3Nc4ccccc4S3)cc2)c1. The molecule has 0 aromatic heterocycles. The fourth-order valence-electron chi connectivity index (χ4n) is 2.86. The number of hydrogen-bond acceptors (Lipinski definition) is 2. The Morgan fingerprint density at radius 3 is 2.28 bits per heavy atom. The summed E-state index contributed by atoms with van der Waals surface area (Å²) >= 11 is 1.74. The smallest absolute Gasteiger partial charge is 0.368 e. The number of anilines is 1. The van der Waals surface area contributed by atoms with Crippen molar-refractivity contribution in [3.8, 4) is 11.1 Å². The van der Waals surface area contributed by atoms with E-state index in [1.165, 1.54) is 17.0 Å². The minimum absolute atomic E-state index is 0.118. The van der Waals surface area contributed by atoms with Gasteiger partial charge in [-0.05, 0) is 41.0 Å². The van der Waals surface area contributed by atoms with Crippen LogP contribution in [0.3, 0.4) is 0 Å². The van der Waals surface area contributed by atoms with Crippen molar-refractivity contribution in [2.75, 3.05) is 5.32 Å². The maximum atomic E-state index is 12.9. The summed E-state index contributed by atoms with van der Waals surface area (Å²) in [6, 6.07) is 21.2. The number of thioether (sulfide) groups is 1. The van der Waals surface area contributed by atoms with Crippen molar-refractivity contribution in [3.05, 3.63) is 83.9 Å². The molecule has 0 radical (unpaired) electrons. The number of hydrogen-bond donors (Lipinski definition) is 1. The zero-order valence-electron chi connectivity index (χ0n) is 13.0. The molecule has 1 aliphatic rings. The van der Waals surface area contributed by atoms with E-state index in [0.717, 1.165) is 22.9 Å². The van der Waals surface area contributed by atoms with Gasteiger partial charge in [0.15, 0.2) is 0 Å². The van der Waals surface area contributed by atoms with Crippen LogP contribution in [0, 0.1) is 0 Å². The molecule has 3 aromatic rings. The molecule has 0 saturated carbocycles. The molecule has 126 valence electrons. The Kier molecular flexibility index (Phi) is 3.96. The molecule has 1 aliphatic heterocycles. The summed E-state index contributed by atoms with van der Waals surface area (Å²) in [6.07, 6.45) is -4.33. The second-order valence-electron chi connectivity index (χ2n) is 5.84. The first-order chi connectivity index (χ1) is 12.0. The van der Waals surface area contributed by atoms with E-state index >= 15 is 0 Å².